The van der Waals surface area contributed by atoms with Crippen LogP contribution in [0.25, 0.3) is 11.3 Å². The van der Waals surface area contributed by atoms with Crippen molar-refractivity contribution in [2.75, 3.05) is 16.8 Å². The highest BCUT2D eigenvalue weighted by Gasteiger charge is 2.29. The fraction of sp³-hybridized carbons (Fsp3) is 0.292. The molecule has 2 heterocycles. The van der Waals surface area contributed by atoms with Crippen molar-refractivity contribution in [2.24, 2.45) is 0 Å². The number of aromatic nitrogens is 3. The third kappa shape index (κ3) is 4.83. The maximum atomic E-state index is 13.0. The molecule has 9 heteroatoms. The summed E-state index contributed by atoms with van der Waals surface area (Å²) >= 11 is 1.16. The Kier molecular flexibility index (Phi) is 6.60. The molecule has 0 fully saturated rings. The van der Waals surface area contributed by atoms with Gasteiger partial charge >= 0.3 is 0 Å². The van der Waals surface area contributed by atoms with Gasteiger partial charge in [-0.15, -0.1) is 10.2 Å². The van der Waals surface area contributed by atoms with E-state index in [0.717, 1.165) is 35.0 Å². The van der Waals surface area contributed by atoms with Gasteiger partial charge in [0.25, 0.3) is 5.56 Å². The molecule has 0 aliphatic carbocycles. The van der Waals surface area contributed by atoms with Crippen molar-refractivity contribution in [1.29, 1.82) is 0 Å². The second-order valence-corrected chi connectivity index (χ2v) is 9.22. The molecule has 3 aromatic rings. The first kappa shape index (κ1) is 22.7. The number of carbonyl (C=O) groups excluding carboxylic acids is 2. The van der Waals surface area contributed by atoms with Gasteiger partial charge in [-0.25, -0.2) is 0 Å². The van der Waals surface area contributed by atoms with Crippen molar-refractivity contribution in [3.63, 3.8) is 0 Å². The molecule has 2 aromatic carbocycles. The van der Waals surface area contributed by atoms with Crippen LogP contribution in [-0.4, -0.2) is 38.8 Å². The van der Waals surface area contributed by atoms with Gasteiger partial charge in [0.2, 0.25) is 11.8 Å². The van der Waals surface area contributed by atoms with Gasteiger partial charge in [0, 0.05) is 24.2 Å². The first-order chi connectivity index (χ1) is 15.9. The number of aryl methyl sites for hydroxylation is 1. The minimum atomic E-state index is -0.453. The largest absolute Gasteiger partial charge is 0.325 e. The van der Waals surface area contributed by atoms with Crippen molar-refractivity contribution >= 4 is 35.0 Å². The van der Waals surface area contributed by atoms with Crippen LogP contribution in [0.15, 0.2) is 52.4 Å². The molecule has 0 bridgehead atoms. The van der Waals surface area contributed by atoms with Gasteiger partial charge in [0.1, 0.15) is 0 Å². The van der Waals surface area contributed by atoms with E-state index >= 15 is 0 Å². The number of para-hydroxylation sites is 1. The Morgan fingerprint density at radius 1 is 1.21 bits per heavy atom. The van der Waals surface area contributed by atoms with Gasteiger partial charge in [-0.3, -0.25) is 19.4 Å². The molecule has 1 aromatic heterocycles. The topological polar surface area (TPSA) is 108 Å². The second-order valence-electron chi connectivity index (χ2n) is 7.89. The van der Waals surface area contributed by atoms with E-state index in [1.165, 1.54) is 0 Å². The van der Waals surface area contributed by atoms with Crippen LogP contribution in [0.1, 0.15) is 31.4 Å². The van der Waals surface area contributed by atoms with E-state index in [2.05, 4.69) is 20.5 Å². The molecule has 0 saturated heterocycles. The lowest BCUT2D eigenvalue weighted by molar-refractivity contribution is -0.118. The number of hydrogen-bond donors (Lipinski definition) is 2. The summed E-state index contributed by atoms with van der Waals surface area (Å²) in [6.07, 6.45) is 1.15. The highest BCUT2D eigenvalue weighted by molar-refractivity contribution is 8.00. The Hall–Kier alpha value is -3.46. The van der Waals surface area contributed by atoms with Gasteiger partial charge in [0.15, 0.2) is 10.9 Å². The summed E-state index contributed by atoms with van der Waals surface area (Å²) < 4.78 is 0. The average Bonchev–Trinajstić information content (AvgIpc) is 3.24. The number of rotatable bonds is 6. The normalized spacial score (nSPS) is 13.5. The first-order valence-corrected chi connectivity index (χ1v) is 11.7. The van der Waals surface area contributed by atoms with E-state index in [1.54, 1.807) is 30.9 Å². The lowest BCUT2D eigenvalue weighted by atomic mass is 10.1. The van der Waals surface area contributed by atoms with Crippen LogP contribution in [0.3, 0.4) is 0 Å². The molecule has 4 rings (SSSR count). The lowest BCUT2D eigenvalue weighted by Crippen LogP contribution is -2.35. The summed E-state index contributed by atoms with van der Waals surface area (Å²) in [5.41, 5.74) is 3.70. The molecule has 1 aliphatic heterocycles. The van der Waals surface area contributed by atoms with Crippen LogP contribution >= 0.6 is 11.8 Å². The first-order valence-electron chi connectivity index (χ1n) is 10.8. The number of thioether (sulfide) groups is 1. The molecule has 0 radical (unpaired) electrons. The average molecular weight is 464 g/mol. The van der Waals surface area contributed by atoms with Crippen molar-refractivity contribution < 1.29 is 9.59 Å². The molecule has 2 N–H and O–H groups in total. The van der Waals surface area contributed by atoms with Gasteiger partial charge < -0.3 is 10.2 Å². The fourth-order valence-electron chi connectivity index (χ4n) is 3.76. The number of fused-ring (bicyclic) bond motifs is 1. The van der Waals surface area contributed by atoms with Crippen molar-refractivity contribution in [3.8, 4) is 11.3 Å². The molecule has 2 amide bonds. The summed E-state index contributed by atoms with van der Waals surface area (Å²) in [4.78, 5) is 42.3. The second kappa shape index (κ2) is 9.58. The molecule has 0 unspecified atom stereocenters. The van der Waals surface area contributed by atoms with E-state index in [4.69, 9.17) is 0 Å². The zero-order valence-corrected chi connectivity index (χ0v) is 19.5. The van der Waals surface area contributed by atoms with Gasteiger partial charge in [-0.1, -0.05) is 48.5 Å². The maximum Gasteiger partial charge on any atom is 0.278 e. The number of anilines is 2. The van der Waals surface area contributed by atoms with Gasteiger partial charge in [0.05, 0.1) is 10.9 Å². The minimum Gasteiger partial charge on any atom is -0.325 e. The number of benzene rings is 2. The summed E-state index contributed by atoms with van der Waals surface area (Å²) in [5, 5.41) is 10.9. The quantitative estimate of drug-likeness (QED) is 0.541. The Bertz CT molecular complexity index is 1270. The number of amides is 2. The standard InChI is InChI=1S/C24H25N5O3S/c1-4-20(30)25-18-10-9-14(2)13-17(18)21-22(31)26-24(28-27-21)33-15(3)23(32)29-12-11-16-7-5-6-8-19(16)29/h5-10,13,15H,4,11-12H2,1-3H3,(H,25,30)(H,26,28,31)/t15-/m0/s1. The van der Waals surface area contributed by atoms with Crippen LogP contribution < -0.4 is 15.8 Å². The minimum absolute atomic E-state index is 0.0417. The number of carbonyl (C=O) groups is 2. The molecular weight excluding hydrogens is 438 g/mol. The van der Waals surface area contributed by atoms with Crippen LogP contribution in [0.5, 0.6) is 0 Å². The molecule has 0 saturated carbocycles. The number of hydrogen-bond acceptors (Lipinski definition) is 6. The van der Waals surface area contributed by atoms with Crippen LogP contribution in [0.2, 0.25) is 0 Å². The molecule has 8 nitrogen and oxygen atoms in total. The summed E-state index contributed by atoms with van der Waals surface area (Å²) in [5.74, 6) is -0.201. The zero-order chi connectivity index (χ0) is 23.5. The fourth-order valence-corrected chi connectivity index (χ4v) is 4.56. The Balaban J connectivity index is 1.54. The highest BCUT2D eigenvalue weighted by Crippen LogP contribution is 2.31. The number of nitrogens with zero attached hydrogens (tertiary/aromatic N) is 3. The Labute approximate surface area is 195 Å². The third-order valence-electron chi connectivity index (χ3n) is 5.49. The predicted octanol–water partition coefficient (Wildman–Crippen LogP) is 3.56. The van der Waals surface area contributed by atoms with Crippen molar-refractivity contribution in [3.05, 3.63) is 63.9 Å². The van der Waals surface area contributed by atoms with Crippen LogP contribution in [0.4, 0.5) is 11.4 Å². The van der Waals surface area contributed by atoms with Crippen molar-refractivity contribution in [2.45, 2.75) is 44.0 Å². The number of aromatic amines is 1. The van der Waals surface area contributed by atoms with Crippen LogP contribution in [-0.2, 0) is 16.0 Å². The Morgan fingerprint density at radius 2 is 2.00 bits per heavy atom. The number of H-pyrrole nitrogens is 1. The molecule has 0 spiro atoms. The van der Waals surface area contributed by atoms with E-state index in [0.29, 0.717) is 24.2 Å². The summed E-state index contributed by atoms with van der Waals surface area (Å²) in [7, 11) is 0. The maximum absolute atomic E-state index is 13.0. The predicted molar refractivity (Wildman–Crippen MR) is 130 cm³/mol. The number of nitrogens with one attached hydrogen (secondary N) is 2. The van der Waals surface area contributed by atoms with Gasteiger partial charge in [-0.05, 0) is 44.0 Å². The van der Waals surface area contributed by atoms with Crippen molar-refractivity contribution in [1.82, 2.24) is 15.2 Å². The monoisotopic (exact) mass is 463 g/mol. The van der Waals surface area contributed by atoms with E-state index in [-0.39, 0.29) is 22.7 Å². The van der Waals surface area contributed by atoms with Crippen LogP contribution in [0, 0.1) is 6.92 Å². The summed E-state index contributed by atoms with van der Waals surface area (Å²) in [6.45, 7) is 6.08. The third-order valence-corrected chi connectivity index (χ3v) is 6.45. The van der Waals surface area contributed by atoms with E-state index in [9.17, 15) is 14.4 Å². The summed E-state index contributed by atoms with van der Waals surface area (Å²) in [6, 6.07) is 13.3. The SMILES string of the molecule is CCC(=O)Nc1ccc(C)cc1-c1nnc(S[C@@H](C)C(=O)N2CCc3ccccc32)[nH]c1=O. The smallest absolute Gasteiger partial charge is 0.278 e. The molecule has 33 heavy (non-hydrogen) atoms. The molecule has 170 valence electrons. The zero-order valence-electron chi connectivity index (χ0n) is 18.7. The molecular formula is C24H25N5O3S. The molecule has 1 aliphatic rings. The van der Waals surface area contributed by atoms with Gasteiger partial charge in [-0.2, -0.15) is 0 Å². The lowest BCUT2D eigenvalue weighted by Gasteiger charge is -2.21. The highest BCUT2D eigenvalue weighted by atomic mass is 32.2. The van der Waals surface area contributed by atoms with E-state index in [1.807, 2.05) is 37.3 Å². The van der Waals surface area contributed by atoms with E-state index < -0.39 is 10.8 Å². The molecule has 1 atom stereocenters. The Morgan fingerprint density at radius 3 is 2.76 bits per heavy atom.